The number of nitrogens with one attached hydrogen (secondary N) is 1. The van der Waals surface area contributed by atoms with Crippen LogP contribution in [0.25, 0.3) is 0 Å². The number of hydrogen-bond acceptors (Lipinski definition) is 4. The first kappa shape index (κ1) is 13.9. The van der Waals surface area contributed by atoms with Crippen LogP contribution in [-0.4, -0.2) is 23.1 Å². The molecule has 0 fully saturated rings. The first-order valence-electron chi connectivity index (χ1n) is 7.61. The Balaban J connectivity index is 1.74. The largest absolute Gasteiger partial charge is 0.354 e. The van der Waals surface area contributed by atoms with Crippen molar-refractivity contribution in [1.82, 2.24) is 9.97 Å². The number of fused-ring (bicyclic) bond motifs is 1. The van der Waals surface area contributed by atoms with Crippen LogP contribution in [-0.2, 0) is 13.0 Å². The Hall–Kier alpha value is -2.10. The fourth-order valence-electron chi connectivity index (χ4n) is 2.60. The van der Waals surface area contributed by atoms with E-state index in [2.05, 4.69) is 58.3 Å². The number of rotatable bonds is 4. The minimum absolute atomic E-state index is 0.583. The van der Waals surface area contributed by atoms with Gasteiger partial charge in [-0.05, 0) is 29.5 Å². The quantitative estimate of drug-likeness (QED) is 0.935. The lowest BCUT2D eigenvalue weighted by Gasteiger charge is -2.29. The molecular formula is C17H22N4. The van der Waals surface area contributed by atoms with E-state index in [4.69, 9.17) is 0 Å². The van der Waals surface area contributed by atoms with Crippen LogP contribution in [0.2, 0.25) is 0 Å². The average Bonchev–Trinajstić information content (AvgIpc) is 2.53. The molecule has 1 aliphatic rings. The maximum atomic E-state index is 4.65. The third-order valence-corrected chi connectivity index (χ3v) is 3.76. The van der Waals surface area contributed by atoms with Gasteiger partial charge in [0.05, 0.1) is 0 Å². The summed E-state index contributed by atoms with van der Waals surface area (Å²) in [5, 5.41) is 3.29. The monoisotopic (exact) mass is 282 g/mol. The van der Waals surface area contributed by atoms with Crippen molar-refractivity contribution < 1.29 is 0 Å². The zero-order chi connectivity index (χ0) is 14.7. The van der Waals surface area contributed by atoms with E-state index >= 15 is 0 Å². The molecule has 1 aromatic heterocycles. The molecular weight excluding hydrogens is 260 g/mol. The van der Waals surface area contributed by atoms with Gasteiger partial charge in [0.15, 0.2) is 0 Å². The first-order chi connectivity index (χ1) is 10.2. The predicted octanol–water partition coefficient (Wildman–Crippen LogP) is 3.11. The fourth-order valence-corrected chi connectivity index (χ4v) is 2.60. The molecule has 0 saturated carbocycles. The van der Waals surface area contributed by atoms with Gasteiger partial charge >= 0.3 is 0 Å². The third-order valence-electron chi connectivity index (χ3n) is 3.76. The number of anilines is 2. The second-order valence-corrected chi connectivity index (χ2v) is 5.95. The summed E-state index contributed by atoms with van der Waals surface area (Å²) in [5.41, 5.74) is 2.86. The van der Waals surface area contributed by atoms with Crippen LogP contribution in [0.5, 0.6) is 0 Å². The van der Waals surface area contributed by atoms with Gasteiger partial charge in [-0.15, -0.1) is 0 Å². The number of nitrogens with zero attached hydrogens (tertiary/aromatic N) is 3. The van der Waals surface area contributed by atoms with Crippen LogP contribution in [0.15, 0.2) is 36.5 Å². The van der Waals surface area contributed by atoms with Crippen LogP contribution in [0.3, 0.4) is 0 Å². The summed E-state index contributed by atoms with van der Waals surface area (Å²) < 4.78 is 0. The molecule has 4 nitrogen and oxygen atoms in total. The third kappa shape index (κ3) is 3.32. The minimum atomic E-state index is 0.583. The van der Waals surface area contributed by atoms with Crippen LogP contribution in [0.4, 0.5) is 11.8 Å². The molecule has 3 rings (SSSR count). The van der Waals surface area contributed by atoms with Crippen molar-refractivity contribution in [2.24, 2.45) is 5.92 Å². The van der Waals surface area contributed by atoms with E-state index in [0.29, 0.717) is 5.92 Å². The number of hydrogen-bond donors (Lipinski definition) is 1. The van der Waals surface area contributed by atoms with E-state index in [-0.39, 0.29) is 0 Å². The minimum Gasteiger partial charge on any atom is -0.354 e. The van der Waals surface area contributed by atoms with Gasteiger partial charge in [-0.3, -0.25) is 0 Å². The van der Waals surface area contributed by atoms with Gasteiger partial charge in [-0.25, -0.2) is 4.98 Å². The van der Waals surface area contributed by atoms with Gasteiger partial charge in [-0.2, -0.15) is 4.98 Å². The molecule has 1 aliphatic heterocycles. The summed E-state index contributed by atoms with van der Waals surface area (Å²) in [7, 11) is 0. The molecule has 110 valence electrons. The van der Waals surface area contributed by atoms with Gasteiger partial charge in [0.25, 0.3) is 0 Å². The molecule has 1 aromatic carbocycles. The zero-order valence-electron chi connectivity index (χ0n) is 12.7. The molecule has 21 heavy (non-hydrogen) atoms. The number of aromatic nitrogens is 2. The summed E-state index contributed by atoms with van der Waals surface area (Å²) in [6, 6.07) is 10.7. The normalized spacial score (nSPS) is 14.1. The topological polar surface area (TPSA) is 41.1 Å². The second-order valence-electron chi connectivity index (χ2n) is 5.95. The Bertz CT molecular complexity index is 609. The predicted molar refractivity (Wildman–Crippen MR) is 86.6 cm³/mol. The standard InChI is InChI=1S/C17H22N4/c1-13(2)11-19-17-18-9-7-16(20-17)21-10-8-14-5-3-4-6-15(14)12-21/h3-7,9,13H,8,10-12H2,1-2H3,(H,18,19,20). The molecule has 4 heteroatoms. The Kier molecular flexibility index (Phi) is 4.04. The van der Waals surface area contributed by atoms with Crippen LogP contribution in [0, 0.1) is 5.92 Å². The lowest BCUT2D eigenvalue weighted by Crippen LogP contribution is -2.31. The van der Waals surface area contributed by atoms with Crippen LogP contribution < -0.4 is 10.2 Å². The highest BCUT2D eigenvalue weighted by atomic mass is 15.2. The SMILES string of the molecule is CC(C)CNc1nccc(N2CCc3ccccc3C2)n1. The van der Waals surface area contributed by atoms with Crippen molar-refractivity contribution in [3.8, 4) is 0 Å². The molecule has 1 N–H and O–H groups in total. The summed E-state index contributed by atoms with van der Waals surface area (Å²) >= 11 is 0. The van der Waals surface area contributed by atoms with Crippen molar-refractivity contribution in [2.45, 2.75) is 26.8 Å². The molecule has 0 bridgehead atoms. The van der Waals surface area contributed by atoms with Gasteiger partial charge in [0.2, 0.25) is 5.95 Å². The van der Waals surface area contributed by atoms with E-state index in [1.807, 2.05) is 12.3 Å². The van der Waals surface area contributed by atoms with E-state index in [9.17, 15) is 0 Å². The fraction of sp³-hybridized carbons (Fsp3) is 0.412. The maximum Gasteiger partial charge on any atom is 0.224 e. The summed E-state index contributed by atoms with van der Waals surface area (Å²) in [4.78, 5) is 11.3. The van der Waals surface area contributed by atoms with E-state index in [0.717, 1.165) is 37.8 Å². The van der Waals surface area contributed by atoms with Gasteiger partial charge < -0.3 is 10.2 Å². The average molecular weight is 282 g/mol. The summed E-state index contributed by atoms with van der Waals surface area (Å²) in [6.07, 6.45) is 2.92. The summed E-state index contributed by atoms with van der Waals surface area (Å²) in [6.45, 7) is 7.19. The van der Waals surface area contributed by atoms with E-state index < -0.39 is 0 Å². The van der Waals surface area contributed by atoms with Crippen molar-refractivity contribution in [3.05, 3.63) is 47.7 Å². The lowest BCUT2D eigenvalue weighted by atomic mass is 10.00. The van der Waals surface area contributed by atoms with Crippen LogP contribution in [0.1, 0.15) is 25.0 Å². The van der Waals surface area contributed by atoms with E-state index in [1.165, 1.54) is 11.1 Å². The molecule has 0 aliphatic carbocycles. The van der Waals surface area contributed by atoms with Gasteiger partial charge in [0, 0.05) is 25.8 Å². The lowest BCUT2D eigenvalue weighted by molar-refractivity contribution is 0.682. The smallest absolute Gasteiger partial charge is 0.224 e. The molecule has 0 saturated heterocycles. The Morgan fingerprint density at radius 1 is 1.19 bits per heavy atom. The highest BCUT2D eigenvalue weighted by molar-refractivity contribution is 5.46. The number of benzene rings is 1. The second kappa shape index (κ2) is 6.12. The molecule has 0 atom stereocenters. The Morgan fingerprint density at radius 3 is 2.81 bits per heavy atom. The highest BCUT2D eigenvalue weighted by Gasteiger charge is 2.17. The summed E-state index contributed by atoms with van der Waals surface area (Å²) in [5.74, 6) is 2.31. The molecule has 2 heterocycles. The van der Waals surface area contributed by atoms with E-state index in [1.54, 1.807) is 0 Å². The molecule has 2 aromatic rings. The molecule has 0 amide bonds. The first-order valence-corrected chi connectivity index (χ1v) is 7.61. The Labute approximate surface area is 126 Å². The molecule has 0 radical (unpaired) electrons. The Morgan fingerprint density at radius 2 is 2.00 bits per heavy atom. The van der Waals surface area contributed by atoms with Crippen molar-refractivity contribution >= 4 is 11.8 Å². The zero-order valence-corrected chi connectivity index (χ0v) is 12.7. The molecule has 0 spiro atoms. The van der Waals surface area contributed by atoms with Gasteiger partial charge in [0.1, 0.15) is 5.82 Å². The van der Waals surface area contributed by atoms with Crippen molar-refractivity contribution in [1.29, 1.82) is 0 Å². The van der Waals surface area contributed by atoms with Crippen molar-refractivity contribution in [2.75, 3.05) is 23.3 Å². The highest BCUT2D eigenvalue weighted by Crippen LogP contribution is 2.23. The maximum absolute atomic E-state index is 4.65. The van der Waals surface area contributed by atoms with Crippen molar-refractivity contribution in [3.63, 3.8) is 0 Å². The van der Waals surface area contributed by atoms with Gasteiger partial charge in [-0.1, -0.05) is 38.1 Å². The molecule has 0 unspecified atom stereocenters. The van der Waals surface area contributed by atoms with Crippen LogP contribution >= 0.6 is 0 Å².